The molecule has 0 N–H and O–H groups in total. The van der Waals surface area contributed by atoms with Crippen molar-refractivity contribution in [2.24, 2.45) is 5.92 Å². The van der Waals surface area contributed by atoms with E-state index in [2.05, 4.69) is 4.90 Å². The van der Waals surface area contributed by atoms with Crippen LogP contribution < -0.4 is 0 Å². The van der Waals surface area contributed by atoms with Crippen molar-refractivity contribution in [1.29, 1.82) is 0 Å². The van der Waals surface area contributed by atoms with Gasteiger partial charge in [0.05, 0.1) is 12.7 Å². The van der Waals surface area contributed by atoms with Crippen LogP contribution >= 0.6 is 23.2 Å². The Morgan fingerprint density at radius 2 is 2.23 bits per heavy atom. The Hall–Kier alpha value is 0.500. The molecule has 2 aliphatic heterocycles. The highest BCUT2D eigenvalue weighted by atomic mass is 35.5. The maximum absolute atomic E-state index is 6.00. The van der Waals surface area contributed by atoms with Crippen molar-refractivity contribution in [2.75, 3.05) is 19.7 Å². The van der Waals surface area contributed by atoms with Crippen LogP contribution in [0.2, 0.25) is 0 Å². The fourth-order valence-electron chi connectivity index (χ4n) is 2.45. The molecule has 3 atom stereocenters. The number of alkyl halides is 2. The van der Waals surface area contributed by atoms with Gasteiger partial charge in [0.2, 0.25) is 0 Å². The van der Waals surface area contributed by atoms with Gasteiger partial charge in [0, 0.05) is 25.0 Å². The summed E-state index contributed by atoms with van der Waals surface area (Å²) in [6.07, 6.45) is 2.67. The maximum Gasteiger partial charge on any atom is 0.122 e. The van der Waals surface area contributed by atoms with Gasteiger partial charge in [0.15, 0.2) is 0 Å². The molecular formula is C9H13Cl2NO. The van der Waals surface area contributed by atoms with Gasteiger partial charge in [-0.1, -0.05) is 0 Å². The zero-order chi connectivity index (χ0) is 9.05. The first kappa shape index (κ1) is 8.78. The molecule has 4 heteroatoms. The van der Waals surface area contributed by atoms with Gasteiger partial charge in [-0.3, -0.25) is 4.90 Å². The summed E-state index contributed by atoms with van der Waals surface area (Å²) in [6.45, 7) is 3.07. The van der Waals surface area contributed by atoms with Gasteiger partial charge in [-0.05, 0) is 12.8 Å². The molecule has 3 fully saturated rings. The van der Waals surface area contributed by atoms with E-state index in [0.29, 0.717) is 18.1 Å². The van der Waals surface area contributed by atoms with E-state index in [-0.39, 0.29) is 0 Å². The molecule has 0 radical (unpaired) electrons. The average molecular weight is 222 g/mol. The highest BCUT2D eigenvalue weighted by molar-refractivity contribution is 6.50. The molecule has 2 nitrogen and oxygen atoms in total. The molecular weight excluding hydrogens is 209 g/mol. The van der Waals surface area contributed by atoms with E-state index < -0.39 is 4.33 Å². The first-order valence-corrected chi connectivity index (χ1v) is 5.64. The van der Waals surface area contributed by atoms with E-state index in [0.717, 1.165) is 26.1 Å². The summed E-state index contributed by atoms with van der Waals surface area (Å²) >= 11 is 12.0. The molecule has 74 valence electrons. The lowest BCUT2D eigenvalue weighted by Crippen LogP contribution is -2.38. The van der Waals surface area contributed by atoms with E-state index in [9.17, 15) is 0 Å². The Bertz CT molecular complexity index is 234. The minimum Gasteiger partial charge on any atom is -0.375 e. The Morgan fingerprint density at radius 3 is 2.69 bits per heavy atom. The van der Waals surface area contributed by atoms with Crippen LogP contribution in [0.25, 0.3) is 0 Å². The maximum atomic E-state index is 6.00. The van der Waals surface area contributed by atoms with Crippen LogP contribution in [0.5, 0.6) is 0 Å². The number of nitrogens with zero attached hydrogens (tertiary/aromatic N) is 1. The number of ether oxygens (including phenoxy) is 1. The quantitative estimate of drug-likeness (QED) is 0.659. The smallest absolute Gasteiger partial charge is 0.122 e. The lowest BCUT2D eigenvalue weighted by atomic mass is 10.2. The number of likely N-dealkylation sites (tertiary alicyclic amines) is 1. The predicted octanol–water partition coefficient (Wildman–Crippen LogP) is 1.65. The molecule has 3 unspecified atom stereocenters. The molecule has 2 heterocycles. The summed E-state index contributed by atoms with van der Waals surface area (Å²) in [7, 11) is 0. The minimum atomic E-state index is -0.414. The molecule has 2 bridgehead atoms. The molecule has 0 aromatic rings. The summed E-state index contributed by atoms with van der Waals surface area (Å²) in [6, 6.07) is 0.648. The van der Waals surface area contributed by atoms with Crippen molar-refractivity contribution in [3.8, 4) is 0 Å². The molecule has 3 rings (SSSR count). The standard InChI is InChI=1S/C9H13Cl2NO/c10-9(11)2-6(9)3-12-4-8-1-7(12)5-13-8/h6-8H,1-5H2. The lowest BCUT2D eigenvalue weighted by molar-refractivity contribution is 0.0287. The molecule has 13 heavy (non-hydrogen) atoms. The second kappa shape index (κ2) is 2.75. The summed E-state index contributed by atoms with van der Waals surface area (Å²) in [5, 5.41) is 0. The number of rotatable bonds is 2. The number of hydrogen-bond acceptors (Lipinski definition) is 2. The number of halogens is 2. The van der Waals surface area contributed by atoms with Gasteiger partial charge in [-0.25, -0.2) is 0 Å². The first-order chi connectivity index (χ1) is 6.15. The van der Waals surface area contributed by atoms with Gasteiger partial charge in [0.25, 0.3) is 0 Å². The largest absolute Gasteiger partial charge is 0.375 e. The third-order valence-corrected chi connectivity index (χ3v) is 4.35. The van der Waals surface area contributed by atoms with Crippen molar-refractivity contribution in [3.05, 3.63) is 0 Å². The van der Waals surface area contributed by atoms with Gasteiger partial charge < -0.3 is 4.74 Å². The topological polar surface area (TPSA) is 12.5 Å². The number of morpholine rings is 1. The van der Waals surface area contributed by atoms with Crippen molar-refractivity contribution in [1.82, 2.24) is 4.90 Å². The molecule has 1 saturated carbocycles. The fourth-order valence-corrected chi connectivity index (χ4v) is 2.96. The van der Waals surface area contributed by atoms with Gasteiger partial charge >= 0.3 is 0 Å². The van der Waals surface area contributed by atoms with E-state index in [1.165, 1.54) is 6.42 Å². The third-order valence-electron chi connectivity index (χ3n) is 3.42. The average Bonchev–Trinajstić information content (AvgIpc) is 2.55. The van der Waals surface area contributed by atoms with Crippen LogP contribution in [-0.4, -0.2) is 41.1 Å². The fraction of sp³-hybridized carbons (Fsp3) is 1.00. The predicted molar refractivity (Wildman–Crippen MR) is 52.3 cm³/mol. The van der Waals surface area contributed by atoms with Crippen molar-refractivity contribution >= 4 is 23.2 Å². The zero-order valence-electron chi connectivity index (χ0n) is 7.38. The molecule has 2 saturated heterocycles. The van der Waals surface area contributed by atoms with Gasteiger partial charge in [-0.2, -0.15) is 0 Å². The summed E-state index contributed by atoms with van der Waals surface area (Å²) in [5.41, 5.74) is 0. The summed E-state index contributed by atoms with van der Waals surface area (Å²) in [4.78, 5) is 2.49. The second-order valence-electron chi connectivity index (χ2n) is 4.46. The van der Waals surface area contributed by atoms with E-state index in [4.69, 9.17) is 27.9 Å². The van der Waals surface area contributed by atoms with Crippen LogP contribution in [0.3, 0.4) is 0 Å². The van der Waals surface area contributed by atoms with Crippen LogP contribution in [0, 0.1) is 5.92 Å². The molecule has 1 aliphatic carbocycles. The summed E-state index contributed by atoms with van der Waals surface area (Å²) in [5.74, 6) is 0.496. The number of hydrogen-bond donors (Lipinski definition) is 0. The SMILES string of the molecule is ClC1(Cl)CC1CN1CC2CC1CO2. The molecule has 3 aliphatic rings. The van der Waals surface area contributed by atoms with E-state index in [1.807, 2.05) is 0 Å². The highest BCUT2D eigenvalue weighted by Gasteiger charge is 2.53. The Kier molecular flexibility index (Phi) is 1.86. The van der Waals surface area contributed by atoms with E-state index in [1.54, 1.807) is 0 Å². The Balaban J connectivity index is 1.57. The van der Waals surface area contributed by atoms with Crippen LogP contribution in [0.4, 0.5) is 0 Å². The van der Waals surface area contributed by atoms with Crippen molar-refractivity contribution in [3.63, 3.8) is 0 Å². The Labute approximate surface area is 88.1 Å². The van der Waals surface area contributed by atoms with E-state index >= 15 is 0 Å². The minimum absolute atomic E-state index is 0.414. The zero-order valence-corrected chi connectivity index (χ0v) is 8.89. The molecule has 0 amide bonds. The van der Waals surface area contributed by atoms with Crippen LogP contribution in [0.1, 0.15) is 12.8 Å². The monoisotopic (exact) mass is 221 g/mol. The summed E-state index contributed by atoms with van der Waals surface area (Å²) < 4.78 is 5.11. The molecule has 0 spiro atoms. The van der Waals surface area contributed by atoms with Crippen LogP contribution in [0.15, 0.2) is 0 Å². The lowest BCUT2D eigenvalue weighted by Gasteiger charge is -2.26. The second-order valence-corrected chi connectivity index (χ2v) is 6.00. The highest BCUT2D eigenvalue weighted by Crippen LogP contribution is 2.53. The Morgan fingerprint density at radius 1 is 1.46 bits per heavy atom. The normalized spacial score (nSPS) is 47.1. The van der Waals surface area contributed by atoms with Crippen LogP contribution in [-0.2, 0) is 4.74 Å². The third kappa shape index (κ3) is 1.48. The van der Waals surface area contributed by atoms with Crippen molar-refractivity contribution in [2.45, 2.75) is 29.3 Å². The van der Waals surface area contributed by atoms with Gasteiger partial charge in [-0.15, -0.1) is 23.2 Å². The molecule has 0 aromatic carbocycles. The number of fused-ring (bicyclic) bond motifs is 2. The first-order valence-electron chi connectivity index (χ1n) is 4.88. The van der Waals surface area contributed by atoms with Gasteiger partial charge in [0.1, 0.15) is 4.33 Å². The van der Waals surface area contributed by atoms with Crippen molar-refractivity contribution < 1.29 is 4.74 Å². The molecule has 0 aromatic heterocycles.